The number of benzene rings is 1. The second kappa shape index (κ2) is 7.69. The van der Waals surface area contributed by atoms with Crippen LogP contribution in [0, 0.1) is 5.92 Å². The average Bonchev–Trinajstić information content (AvgIpc) is 3.25. The van der Waals surface area contributed by atoms with Crippen LogP contribution in [0.25, 0.3) is 0 Å². The highest BCUT2D eigenvalue weighted by Gasteiger charge is 2.37. The summed E-state index contributed by atoms with van der Waals surface area (Å²) in [6.07, 6.45) is 3.79. The number of methoxy groups -OCH3 is 2. The largest absolute Gasteiger partial charge is 0.497 e. The normalized spacial score (nSPS) is 16.5. The quantitative estimate of drug-likeness (QED) is 0.767. The molecule has 27 heavy (non-hydrogen) atoms. The first-order valence-electron chi connectivity index (χ1n) is 8.67. The smallest absolute Gasteiger partial charge is 0.228 e. The number of aromatic nitrogens is 2. The van der Waals surface area contributed by atoms with Crippen LogP contribution in [-0.4, -0.2) is 54.3 Å². The lowest BCUT2D eigenvalue weighted by atomic mass is 10.1. The summed E-state index contributed by atoms with van der Waals surface area (Å²) < 4.78 is 12.3. The topological polar surface area (TPSA) is 76.9 Å². The van der Waals surface area contributed by atoms with Gasteiger partial charge in [-0.3, -0.25) is 14.3 Å². The summed E-state index contributed by atoms with van der Waals surface area (Å²) in [5.41, 5.74) is 1.60. The molecule has 2 heterocycles. The van der Waals surface area contributed by atoms with Crippen molar-refractivity contribution in [3.63, 3.8) is 0 Å². The Hall–Kier alpha value is -3.03. The number of hydrogen-bond acceptors (Lipinski definition) is 5. The lowest BCUT2D eigenvalue weighted by Gasteiger charge is -2.22. The fourth-order valence-electron chi connectivity index (χ4n) is 3.33. The van der Waals surface area contributed by atoms with Gasteiger partial charge >= 0.3 is 0 Å². The highest BCUT2D eigenvalue weighted by molar-refractivity contribution is 6.01. The first-order valence-corrected chi connectivity index (χ1v) is 8.67. The maximum absolute atomic E-state index is 12.8. The van der Waals surface area contributed by atoms with Crippen LogP contribution >= 0.6 is 0 Å². The van der Waals surface area contributed by atoms with Gasteiger partial charge in [0.1, 0.15) is 11.5 Å². The van der Waals surface area contributed by atoms with Gasteiger partial charge in [0.15, 0.2) is 0 Å². The van der Waals surface area contributed by atoms with Crippen LogP contribution in [0.2, 0.25) is 0 Å². The van der Waals surface area contributed by atoms with Gasteiger partial charge in [-0.15, -0.1) is 0 Å². The Kier molecular flexibility index (Phi) is 5.34. The third-order valence-electron chi connectivity index (χ3n) is 4.71. The number of rotatable bonds is 6. The lowest BCUT2D eigenvalue weighted by molar-refractivity contribution is -0.135. The van der Waals surface area contributed by atoms with Crippen LogP contribution in [0.5, 0.6) is 11.5 Å². The van der Waals surface area contributed by atoms with Crippen molar-refractivity contribution in [3.05, 3.63) is 36.2 Å². The molecule has 1 saturated heterocycles. The molecule has 2 amide bonds. The fourth-order valence-corrected chi connectivity index (χ4v) is 3.33. The fraction of sp³-hybridized carbons (Fsp3) is 0.421. The molecule has 1 aromatic heterocycles. The van der Waals surface area contributed by atoms with E-state index in [-0.39, 0.29) is 24.2 Å². The predicted octanol–water partition coefficient (Wildman–Crippen LogP) is 1.45. The minimum atomic E-state index is -0.383. The van der Waals surface area contributed by atoms with E-state index in [0.29, 0.717) is 30.3 Å². The van der Waals surface area contributed by atoms with Crippen LogP contribution in [0.4, 0.5) is 5.69 Å². The second-order valence-electron chi connectivity index (χ2n) is 6.66. The van der Waals surface area contributed by atoms with Gasteiger partial charge in [-0.2, -0.15) is 5.10 Å². The summed E-state index contributed by atoms with van der Waals surface area (Å²) in [7, 11) is 6.70. The predicted molar refractivity (Wildman–Crippen MR) is 99.7 cm³/mol. The monoisotopic (exact) mass is 372 g/mol. The van der Waals surface area contributed by atoms with Gasteiger partial charge in [0.2, 0.25) is 11.8 Å². The summed E-state index contributed by atoms with van der Waals surface area (Å²) in [6.45, 7) is 0.793. The molecule has 2 aromatic rings. The van der Waals surface area contributed by atoms with Crippen molar-refractivity contribution in [2.75, 3.05) is 32.7 Å². The summed E-state index contributed by atoms with van der Waals surface area (Å²) in [4.78, 5) is 28.6. The molecule has 144 valence electrons. The van der Waals surface area contributed by atoms with Gasteiger partial charge in [0, 0.05) is 51.4 Å². The first kappa shape index (κ1) is 18.8. The van der Waals surface area contributed by atoms with Crippen LogP contribution in [0.15, 0.2) is 30.6 Å². The molecule has 0 spiro atoms. The molecule has 0 N–H and O–H groups in total. The molecule has 3 rings (SSSR count). The van der Waals surface area contributed by atoms with Crippen molar-refractivity contribution in [2.24, 2.45) is 13.0 Å². The molecular weight excluding hydrogens is 348 g/mol. The third kappa shape index (κ3) is 3.89. The minimum Gasteiger partial charge on any atom is -0.497 e. The van der Waals surface area contributed by atoms with Gasteiger partial charge in [-0.25, -0.2) is 0 Å². The molecule has 1 fully saturated rings. The first-order chi connectivity index (χ1) is 12.9. The Morgan fingerprint density at radius 3 is 2.74 bits per heavy atom. The number of amides is 2. The van der Waals surface area contributed by atoms with E-state index in [0.717, 1.165) is 5.56 Å². The van der Waals surface area contributed by atoms with E-state index in [1.807, 2.05) is 13.2 Å². The summed E-state index contributed by atoms with van der Waals surface area (Å²) in [5, 5.41) is 4.12. The maximum atomic E-state index is 12.8. The van der Waals surface area contributed by atoms with Crippen molar-refractivity contribution >= 4 is 17.5 Å². The van der Waals surface area contributed by atoms with Gasteiger partial charge in [0.25, 0.3) is 0 Å². The van der Waals surface area contributed by atoms with E-state index in [1.54, 1.807) is 60.1 Å². The molecule has 0 aliphatic carbocycles. The molecule has 8 heteroatoms. The van der Waals surface area contributed by atoms with Crippen LogP contribution in [0.1, 0.15) is 12.0 Å². The number of anilines is 1. The molecule has 0 radical (unpaired) electrons. The van der Waals surface area contributed by atoms with Gasteiger partial charge in [-0.1, -0.05) is 0 Å². The Morgan fingerprint density at radius 2 is 2.11 bits per heavy atom. The van der Waals surface area contributed by atoms with E-state index in [2.05, 4.69) is 5.10 Å². The van der Waals surface area contributed by atoms with Crippen molar-refractivity contribution in [1.29, 1.82) is 0 Å². The van der Waals surface area contributed by atoms with E-state index in [4.69, 9.17) is 9.47 Å². The zero-order valence-corrected chi connectivity index (χ0v) is 16.0. The maximum Gasteiger partial charge on any atom is 0.228 e. The Bertz CT molecular complexity index is 848. The van der Waals surface area contributed by atoms with Crippen LogP contribution in [-0.2, 0) is 23.2 Å². The van der Waals surface area contributed by atoms with Crippen molar-refractivity contribution in [3.8, 4) is 11.5 Å². The van der Waals surface area contributed by atoms with Crippen molar-refractivity contribution in [1.82, 2.24) is 14.7 Å². The highest BCUT2D eigenvalue weighted by atomic mass is 16.5. The molecule has 8 nitrogen and oxygen atoms in total. The Balaban J connectivity index is 1.72. The Morgan fingerprint density at radius 1 is 1.33 bits per heavy atom. The molecule has 0 saturated carbocycles. The summed E-state index contributed by atoms with van der Waals surface area (Å²) >= 11 is 0. The number of ether oxygens (including phenoxy) is 2. The lowest BCUT2D eigenvalue weighted by Crippen LogP contribution is -2.34. The van der Waals surface area contributed by atoms with E-state index in [1.165, 1.54) is 0 Å². The van der Waals surface area contributed by atoms with Gasteiger partial charge in [-0.05, 0) is 12.1 Å². The van der Waals surface area contributed by atoms with Crippen LogP contribution < -0.4 is 14.4 Å². The number of nitrogens with zero attached hydrogens (tertiary/aromatic N) is 4. The van der Waals surface area contributed by atoms with Gasteiger partial charge in [0.05, 0.1) is 32.0 Å². The van der Waals surface area contributed by atoms with E-state index >= 15 is 0 Å². The SMILES string of the molecule is COc1ccc(N2C[C@H](C(=O)N(C)Cc3cnn(C)c3)CC2=O)c(OC)c1. The molecule has 1 aliphatic heterocycles. The summed E-state index contributed by atoms with van der Waals surface area (Å²) in [6, 6.07) is 5.28. The average molecular weight is 372 g/mol. The van der Waals surface area contributed by atoms with E-state index < -0.39 is 0 Å². The number of aryl methyl sites for hydroxylation is 1. The third-order valence-corrected chi connectivity index (χ3v) is 4.71. The van der Waals surface area contributed by atoms with Crippen LogP contribution in [0.3, 0.4) is 0 Å². The van der Waals surface area contributed by atoms with E-state index in [9.17, 15) is 9.59 Å². The van der Waals surface area contributed by atoms with Crippen molar-refractivity contribution in [2.45, 2.75) is 13.0 Å². The molecule has 1 aliphatic rings. The molecule has 0 bridgehead atoms. The standard InChI is InChI=1S/C19H24N4O4/c1-21(10-13-9-20-22(2)11-13)19(25)14-7-18(24)23(12-14)16-6-5-15(26-3)8-17(16)27-4/h5-6,8-9,11,14H,7,10,12H2,1-4H3/t14-/m1/s1. The molecule has 1 aromatic carbocycles. The summed E-state index contributed by atoms with van der Waals surface area (Å²) in [5.74, 6) is 0.658. The molecule has 0 unspecified atom stereocenters. The molecule has 1 atom stereocenters. The number of hydrogen-bond donors (Lipinski definition) is 0. The number of carbonyl (C=O) groups is 2. The zero-order valence-electron chi connectivity index (χ0n) is 16.0. The highest BCUT2D eigenvalue weighted by Crippen LogP contribution is 2.36. The zero-order chi connectivity index (χ0) is 19.6. The van der Waals surface area contributed by atoms with Crippen molar-refractivity contribution < 1.29 is 19.1 Å². The molecular formula is C19H24N4O4. The van der Waals surface area contributed by atoms with Gasteiger partial charge < -0.3 is 19.3 Å². The Labute approximate surface area is 158 Å². The second-order valence-corrected chi connectivity index (χ2v) is 6.66. The number of carbonyl (C=O) groups excluding carboxylic acids is 2. The minimum absolute atomic E-state index is 0.0535.